The van der Waals surface area contributed by atoms with Gasteiger partial charge in [-0.25, -0.2) is 39.9 Å². The van der Waals surface area contributed by atoms with Crippen molar-refractivity contribution < 1.29 is 0 Å². The first kappa shape index (κ1) is 65.4. The lowest BCUT2D eigenvalue weighted by Crippen LogP contribution is -1.96. The fourth-order valence-electron chi connectivity index (χ4n) is 14.7. The van der Waals surface area contributed by atoms with E-state index in [0.717, 1.165) is 161 Å². The number of thiophene rings is 2. The van der Waals surface area contributed by atoms with Crippen LogP contribution in [0.15, 0.2) is 376 Å². The quantitative estimate of drug-likeness (QED) is 0.1000. The van der Waals surface area contributed by atoms with Gasteiger partial charge in [-0.15, -0.1) is 22.7 Å². The number of benzene rings is 14. The van der Waals surface area contributed by atoms with Crippen LogP contribution < -0.4 is 0 Å². The van der Waals surface area contributed by atoms with Gasteiger partial charge in [-0.2, -0.15) is 0 Å². The topological polar surface area (TPSA) is 103 Å². The van der Waals surface area contributed by atoms with Gasteiger partial charge in [0.1, 0.15) is 0 Å². The SMILES string of the molecule is c1ccc(-c2ccc(-c3cc(-c4ccccc4)nc(-c4ccc5sc6cc(-c7cc(-c8ccccc8)nc(-c8cccc(-c9ccc(-c%10cc(-c%11ccccc%11)nc(-c%11ccc%12sc%13cc(-c%14cc(-c%15ccccc%15)nc(-c%15ccc(-c%16ccccc%16)cc%15)n%14)ccc%13c%12c%11)n%10)cc9)c8)n7)ccc6c5c4)n3)cc2)cc1. The number of aromatic nitrogens is 8. The van der Waals surface area contributed by atoms with Gasteiger partial charge >= 0.3 is 0 Å². The molecule has 110 heavy (non-hydrogen) atoms. The first-order valence-electron chi connectivity index (χ1n) is 36.7. The van der Waals surface area contributed by atoms with Crippen molar-refractivity contribution in [3.05, 3.63) is 376 Å². The van der Waals surface area contributed by atoms with Crippen molar-refractivity contribution in [2.45, 2.75) is 0 Å². The molecule has 0 saturated heterocycles. The van der Waals surface area contributed by atoms with E-state index in [-0.39, 0.29) is 0 Å². The molecule has 0 aliphatic heterocycles. The molecule has 0 fully saturated rings. The highest BCUT2D eigenvalue weighted by atomic mass is 32.1. The maximum absolute atomic E-state index is 5.39. The molecule has 6 aromatic heterocycles. The van der Waals surface area contributed by atoms with E-state index in [1.165, 1.54) is 25.2 Å². The molecule has 14 aromatic carbocycles. The van der Waals surface area contributed by atoms with E-state index in [2.05, 4.69) is 340 Å². The number of nitrogens with zero attached hydrogens (tertiary/aromatic N) is 8. The molecule has 0 bridgehead atoms. The molecule has 0 saturated carbocycles. The third kappa shape index (κ3) is 13.0. The van der Waals surface area contributed by atoms with Gasteiger partial charge in [0.15, 0.2) is 23.3 Å². The fourth-order valence-corrected chi connectivity index (χ4v) is 16.9. The zero-order valence-electron chi connectivity index (χ0n) is 59.2. The summed E-state index contributed by atoms with van der Waals surface area (Å²) in [5.41, 5.74) is 25.5. The third-order valence-electron chi connectivity index (χ3n) is 20.4. The molecule has 0 amide bonds. The van der Waals surface area contributed by atoms with Gasteiger partial charge < -0.3 is 0 Å². The van der Waals surface area contributed by atoms with Crippen LogP contribution in [0.5, 0.6) is 0 Å². The number of rotatable bonds is 15. The highest BCUT2D eigenvalue weighted by Crippen LogP contribution is 2.43. The van der Waals surface area contributed by atoms with Crippen LogP contribution in [0, 0.1) is 0 Å². The Kier molecular flexibility index (Phi) is 16.8. The second kappa shape index (κ2) is 28.3. The van der Waals surface area contributed by atoms with E-state index >= 15 is 0 Å². The molecule has 0 spiro atoms. The van der Waals surface area contributed by atoms with Crippen molar-refractivity contribution in [2.24, 2.45) is 0 Å². The fraction of sp³-hybridized carbons (Fsp3) is 0. The summed E-state index contributed by atoms with van der Waals surface area (Å²) >= 11 is 3.56. The molecular weight excluding hydrogens is 1380 g/mol. The summed E-state index contributed by atoms with van der Waals surface area (Å²) in [6, 6.07) is 132. The predicted octanol–water partition coefficient (Wildman–Crippen LogP) is 26.6. The summed E-state index contributed by atoms with van der Waals surface area (Å²) in [5, 5.41) is 4.63. The number of fused-ring (bicyclic) bond motifs is 6. The third-order valence-corrected chi connectivity index (χ3v) is 22.7. The molecule has 0 radical (unpaired) electrons. The van der Waals surface area contributed by atoms with Crippen molar-refractivity contribution in [3.63, 3.8) is 0 Å². The molecule has 20 aromatic rings. The van der Waals surface area contributed by atoms with Crippen molar-refractivity contribution in [3.8, 4) is 169 Å². The smallest absolute Gasteiger partial charge is 0.160 e. The Labute approximate surface area is 643 Å². The minimum atomic E-state index is 0.640. The van der Waals surface area contributed by atoms with Crippen LogP contribution in [0.1, 0.15) is 0 Å². The summed E-state index contributed by atoms with van der Waals surface area (Å²) < 4.78 is 4.69. The van der Waals surface area contributed by atoms with Gasteiger partial charge in [-0.3, -0.25) is 0 Å². The molecule has 0 aliphatic carbocycles. The maximum atomic E-state index is 5.39. The average Bonchev–Trinajstić information content (AvgIpc) is 1.59. The Balaban J connectivity index is 0.599. The van der Waals surface area contributed by atoms with Crippen LogP contribution in [-0.4, -0.2) is 39.9 Å². The van der Waals surface area contributed by atoms with Crippen LogP contribution in [0.25, 0.3) is 209 Å². The minimum absolute atomic E-state index is 0.640. The summed E-state index contributed by atoms with van der Waals surface area (Å²) in [7, 11) is 0. The zero-order chi connectivity index (χ0) is 72.9. The second-order valence-electron chi connectivity index (χ2n) is 27.4. The van der Waals surface area contributed by atoms with E-state index in [9.17, 15) is 0 Å². The zero-order valence-corrected chi connectivity index (χ0v) is 60.8. The van der Waals surface area contributed by atoms with Crippen molar-refractivity contribution in [1.82, 2.24) is 39.9 Å². The van der Waals surface area contributed by atoms with Crippen LogP contribution >= 0.6 is 22.7 Å². The van der Waals surface area contributed by atoms with Gasteiger partial charge in [0, 0.05) is 107 Å². The largest absolute Gasteiger partial charge is 0.228 e. The Bertz CT molecular complexity index is 6840. The summed E-state index contributed by atoms with van der Waals surface area (Å²) in [6.07, 6.45) is 0. The summed E-state index contributed by atoms with van der Waals surface area (Å²) in [6.45, 7) is 0. The Morgan fingerprint density at radius 1 is 0.127 bits per heavy atom. The van der Waals surface area contributed by atoms with Crippen molar-refractivity contribution >= 4 is 63.0 Å². The Morgan fingerprint density at radius 2 is 0.355 bits per heavy atom. The predicted molar refractivity (Wildman–Crippen MR) is 456 cm³/mol. The van der Waals surface area contributed by atoms with E-state index in [4.69, 9.17) is 39.9 Å². The highest BCUT2D eigenvalue weighted by Gasteiger charge is 2.20. The summed E-state index contributed by atoms with van der Waals surface area (Å²) in [5.74, 6) is 2.64. The van der Waals surface area contributed by atoms with Crippen molar-refractivity contribution in [1.29, 1.82) is 0 Å². The van der Waals surface area contributed by atoms with Crippen LogP contribution in [0.3, 0.4) is 0 Å². The number of hydrogen-bond donors (Lipinski definition) is 0. The van der Waals surface area contributed by atoms with Gasteiger partial charge in [-0.1, -0.05) is 297 Å². The van der Waals surface area contributed by atoms with Crippen LogP contribution in [-0.2, 0) is 0 Å². The molecule has 6 heterocycles. The van der Waals surface area contributed by atoms with E-state index in [1.54, 1.807) is 22.7 Å². The van der Waals surface area contributed by atoms with Crippen molar-refractivity contribution in [2.75, 3.05) is 0 Å². The molecule has 0 unspecified atom stereocenters. The first-order valence-corrected chi connectivity index (χ1v) is 38.3. The minimum Gasteiger partial charge on any atom is -0.228 e. The number of hydrogen-bond acceptors (Lipinski definition) is 10. The monoisotopic (exact) mass is 1440 g/mol. The Morgan fingerprint density at radius 3 is 0.700 bits per heavy atom. The Hall–Kier alpha value is -14.2. The van der Waals surface area contributed by atoms with Gasteiger partial charge in [0.25, 0.3) is 0 Å². The van der Waals surface area contributed by atoms with Gasteiger partial charge in [0.2, 0.25) is 0 Å². The first-order chi connectivity index (χ1) is 54.4. The van der Waals surface area contributed by atoms with E-state index < -0.39 is 0 Å². The van der Waals surface area contributed by atoms with Gasteiger partial charge in [-0.05, 0) is 112 Å². The molecular formula is C100H62N8S2. The second-order valence-corrected chi connectivity index (χ2v) is 29.6. The molecule has 0 atom stereocenters. The lowest BCUT2D eigenvalue weighted by Gasteiger charge is -2.12. The van der Waals surface area contributed by atoms with E-state index in [1.807, 2.05) is 36.4 Å². The summed E-state index contributed by atoms with van der Waals surface area (Å²) in [4.78, 5) is 42.2. The molecule has 0 N–H and O–H groups in total. The average molecular weight is 1440 g/mol. The molecule has 20 rings (SSSR count). The normalized spacial score (nSPS) is 11.5. The maximum Gasteiger partial charge on any atom is 0.160 e. The standard InChI is InChI=1S/C100H62N8S2/c1-7-20-63(21-8-1)65-34-40-72(41-35-65)89-59-85(68-24-11-3-12-25-68)103-99(105-89)79-48-53-94-84(55-79)82-51-47-77(58-96(82)110-94)92-62-88(71-30-17-6-18-31-71)102-98(108-92)78-33-19-32-75(54-78)67-36-42-73(43-37-67)90-60-86(69-26-13-4-14-27-69)104-100(106-90)80-49-52-93-83(56-80)81-50-46-76(57-95(81)109-93)91-61-87(70-28-15-5-16-29-70)101-97(107-91)74-44-38-66(39-45-74)64-22-9-2-10-23-64/h1-62H. The van der Waals surface area contributed by atoms with E-state index in [0.29, 0.717) is 23.3 Å². The molecule has 0 aliphatic rings. The lowest BCUT2D eigenvalue weighted by atomic mass is 9.99. The molecule has 514 valence electrons. The molecule has 8 nitrogen and oxygen atoms in total. The van der Waals surface area contributed by atoms with Crippen LogP contribution in [0.4, 0.5) is 0 Å². The van der Waals surface area contributed by atoms with Crippen LogP contribution in [0.2, 0.25) is 0 Å². The lowest BCUT2D eigenvalue weighted by molar-refractivity contribution is 1.18. The molecule has 10 heteroatoms. The highest BCUT2D eigenvalue weighted by molar-refractivity contribution is 7.26. The van der Waals surface area contributed by atoms with Gasteiger partial charge in [0.05, 0.1) is 45.6 Å².